The van der Waals surface area contributed by atoms with Gasteiger partial charge in [0.05, 0.1) is 16.1 Å². The molecule has 1 aromatic carbocycles. The van der Waals surface area contributed by atoms with Gasteiger partial charge in [-0.1, -0.05) is 11.6 Å². The van der Waals surface area contributed by atoms with Crippen LogP contribution in [0.1, 0.15) is 5.69 Å². The monoisotopic (exact) mass is 294 g/mol. The fourth-order valence-corrected chi connectivity index (χ4v) is 2.32. The highest BCUT2D eigenvalue weighted by Gasteiger charge is 2.36. The molecule has 0 saturated carbocycles. The molecule has 0 saturated heterocycles. The van der Waals surface area contributed by atoms with Crippen LogP contribution < -0.4 is 5.56 Å². The molecule has 0 spiro atoms. The van der Waals surface area contributed by atoms with Crippen molar-refractivity contribution in [1.29, 1.82) is 0 Å². The number of hydrogen-bond acceptors (Lipinski definition) is 3. The van der Waals surface area contributed by atoms with Crippen LogP contribution in [0.2, 0.25) is 5.02 Å². The molecular formula is C10H6ClF3N2OS. The number of nitrogens with one attached hydrogen (secondary N) is 1. The fraction of sp³-hybridized carbons (Fsp3) is 0.200. The summed E-state index contributed by atoms with van der Waals surface area (Å²) in [7, 11) is 0. The number of aromatic nitrogens is 2. The number of H-pyrrole nitrogens is 1. The van der Waals surface area contributed by atoms with Gasteiger partial charge in [-0.2, -0.15) is 13.2 Å². The minimum atomic E-state index is -4.79. The Hall–Kier alpha value is -1.21. The van der Waals surface area contributed by atoms with E-state index in [1.54, 1.807) is 6.26 Å². The Morgan fingerprint density at radius 3 is 2.61 bits per heavy atom. The molecule has 1 heterocycles. The molecular weight excluding hydrogens is 289 g/mol. The summed E-state index contributed by atoms with van der Waals surface area (Å²) >= 11 is 7.20. The molecule has 2 aromatic rings. The van der Waals surface area contributed by atoms with Crippen LogP contribution in [0.25, 0.3) is 11.0 Å². The highest BCUT2D eigenvalue weighted by atomic mass is 35.5. The van der Waals surface area contributed by atoms with E-state index in [9.17, 15) is 18.0 Å². The van der Waals surface area contributed by atoms with Crippen molar-refractivity contribution in [3.8, 4) is 0 Å². The number of nitrogens with zero attached hydrogens (tertiary/aromatic N) is 1. The van der Waals surface area contributed by atoms with E-state index in [2.05, 4.69) is 9.97 Å². The lowest BCUT2D eigenvalue weighted by atomic mass is 10.3. The molecule has 96 valence electrons. The van der Waals surface area contributed by atoms with Gasteiger partial charge >= 0.3 is 6.18 Å². The molecule has 0 unspecified atom stereocenters. The predicted octanol–water partition coefficient (Wildman–Crippen LogP) is 3.32. The molecule has 8 heteroatoms. The summed E-state index contributed by atoms with van der Waals surface area (Å²) in [6.07, 6.45) is -3.02. The van der Waals surface area contributed by atoms with E-state index in [0.29, 0.717) is 9.92 Å². The zero-order valence-corrected chi connectivity index (χ0v) is 10.5. The molecule has 0 bridgehead atoms. The van der Waals surface area contributed by atoms with Crippen LogP contribution in [0.3, 0.4) is 0 Å². The van der Waals surface area contributed by atoms with E-state index in [1.807, 2.05) is 0 Å². The Morgan fingerprint density at radius 1 is 1.39 bits per heavy atom. The van der Waals surface area contributed by atoms with E-state index in [1.165, 1.54) is 23.9 Å². The van der Waals surface area contributed by atoms with Crippen molar-refractivity contribution >= 4 is 34.4 Å². The maximum absolute atomic E-state index is 12.5. The van der Waals surface area contributed by atoms with Crippen molar-refractivity contribution in [1.82, 2.24) is 9.97 Å². The van der Waals surface area contributed by atoms with Gasteiger partial charge in [0.1, 0.15) is 0 Å². The quantitative estimate of drug-likeness (QED) is 0.821. The summed E-state index contributed by atoms with van der Waals surface area (Å²) in [4.78, 5) is 17.4. The maximum atomic E-state index is 12.5. The Balaban J connectivity index is 2.77. The summed E-state index contributed by atoms with van der Waals surface area (Å²) in [6, 6.07) is 2.80. The van der Waals surface area contributed by atoms with Gasteiger partial charge in [-0.25, -0.2) is 4.98 Å². The molecule has 0 aliphatic carbocycles. The van der Waals surface area contributed by atoms with Gasteiger partial charge < -0.3 is 4.98 Å². The maximum Gasteiger partial charge on any atom is 0.438 e. The summed E-state index contributed by atoms with van der Waals surface area (Å²) in [6.45, 7) is 0. The molecule has 0 aliphatic rings. The van der Waals surface area contributed by atoms with Crippen molar-refractivity contribution in [2.75, 3.05) is 6.26 Å². The van der Waals surface area contributed by atoms with Gasteiger partial charge in [-0.15, -0.1) is 11.8 Å². The summed E-state index contributed by atoms with van der Waals surface area (Å²) < 4.78 is 37.5. The van der Waals surface area contributed by atoms with Crippen LogP contribution in [0.4, 0.5) is 13.2 Å². The molecule has 0 aliphatic heterocycles. The molecule has 0 radical (unpaired) electrons. The molecule has 0 fully saturated rings. The van der Waals surface area contributed by atoms with E-state index in [0.717, 1.165) is 0 Å². The standard InChI is InChI=1S/C10H6ClF3N2OS/c1-18-7-3-6-5(2-4(7)11)15-8(9(17)16-6)10(12,13)14/h2-3H,1H3,(H,16,17). The van der Waals surface area contributed by atoms with Gasteiger partial charge in [-0.05, 0) is 18.4 Å². The number of benzene rings is 1. The van der Waals surface area contributed by atoms with Crippen LogP contribution in [0.15, 0.2) is 21.8 Å². The number of fused-ring (bicyclic) bond motifs is 1. The molecule has 2 rings (SSSR count). The second-order valence-corrected chi connectivity index (χ2v) is 4.67. The number of aromatic amines is 1. The minimum absolute atomic E-state index is 0.00438. The third kappa shape index (κ3) is 2.32. The first-order chi connectivity index (χ1) is 8.32. The Labute approximate surface area is 108 Å². The highest BCUT2D eigenvalue weighted by molar-refractivity contribution is 7.98. The molecule has 18 heavy (non-hydrogen) atoms. The average Bonchev–Trinajstić information content (AvgIpc) is 2.26. The Morgan fingerprint density at radius 2 is 2.06 bits per heavy atom. The second kappa shape index (κ2) is 4.47. The van der Waals surface area contributed by atoms with E-state index in [-0.39, 0.29) is 11.0 Å². The van der Waals surface area contributed by atoms with Crippen LogP contribution in [-0.4, -0.2) is 16.2 Å². The topological polar surface area (TPSA) is 45.8 Å². The number of rotatable bonds is 1. The van der Waals surface area contributed by atoms with Crippen molar-refractivity contribution in [2.45, 2.75) is 11.1 Å². The fourth-order valence-electron chi connectivity index (χ4n) is 1.44. The largest absolute Gasteiger partial charge is 0.438 e. The first-order valence-corrected chi connectivity index (χ1v) is 6.28. The molecule has 0 atom stereocenters. The van der Waals surface area contributed by atoms with Crippen molar-refractivity contribution in [3.05, 3.63) is 33.2 Å². The van der Waals surface area contributed by atoms with Crippen molar-refractivity contribution in [2.24, 2.45) is 0 Å². The van der Waals surface area contributed by atoms with Crippen molar-refractivity contribution < 1.29 is 13.2 Å². The first kappa shape index (κ1) is 13.2. The Bertz CT molecular complexity index is 668. The summed E-state index contributed by atoms with van der Waals surface area (Å²) in [5.41, 5.74) is -2.50. The zero-order valence-electron chi connectivity index (χ0n) is 8.93. The summed E-state index contributed by atoms with van der Waals surface area (Å²) in [5, 5.41) is 0.294. The molecule has 0 amide bonds. The SMILES string of the molecule is CSc1cc2[nH]c(=O)c(C(F)(F)F)nc2cc1Cl. The van der Waals surface area contributed by atoms with Gasteiger partial charge in [0, 0.05) is 4.90 Å². The first-order valence-electron chi connectivity index (χ1n) is 4.67. The number of halogens is 4. The normalized spacial score (nSPS) is 12.1. The van der Waals surface area contributed by atoms with E-state index in [4.69, 9.17) is 11.6 Å². The minimum Gasteiger partial charge on any atom is -0.319 e. The predicted molar refractivity (Wildman–Crippen MR) is 64.2 cm³/mol. The smallest absolute Gasteiger partial charge is 0.319 e. The number of thioether (sulfide) groups is 1. The third-order valence-electron chi connectivity index (χ3n) is 2.23. The van der Waals surface area contributed by atoms with Gasteiger partial charge in [0.15, 0.2) is 0 Å². The lowest BCUT2D eigenvalue weighted by Gasteiger charge is -2.07. The Kier molecular flexibility index (Phi) is 3.29. The lowest BCUT2D eigenvalue weighted by molar-refractivity contribution is -0.142. The van der Waals surface area contributed by atoms with E-state index >= 15 is 0 Å². The average molecular weight is 295 g/mol. The zero-order chi connectivity index (χ0) is 13.5. The van der Waals surface area contributed by atoms with Gasteiger partial charge in [0.25, 0.3) is 5.56 Å². The van der Waals surface area contributed by atoms with Crippen LogP contribution in [-0.2, 0) is 6.18 Å². The van der Waals surface area contributed by atoms with Gasteiger partial charge in [0.2, 0.25) is 5.69 Å². The van der Waals surface area contributed by atoms with Crippen LogP contribution in [0, 0.1) is 0 Å². The number of hydrogen-bond donors (Lipinski definition) is 1. The number of alkyl halides is 3. The highest BCUT2D eigenvalue weighted by Crippen LogP contribution is 2.30. The molecule has 3 nitrogen and oxygen atoms in total. The van der Waals surface area contributed by atoms with Crippen molar-refractivity contribution in [3.63, 3.8) is 0 Å². The molecule has 1 N–H and O–H groups in total. The van der Waals surface area contributed by atoms with Crippen LogP contribution in [0.5, 0.6) is 0 Å². The molecule has 1 aromatic heterocycles. The lowest BCUT2D eigenvalue weighted by Crippen LogP contribution is -2.23. The van der Waals surface area contributed by atoms with E-state index < -0.39 is 17.4 Å². The third-order valence-corrected chi connectivity index (χ3v) is 3.44. The van der Waals surface area contributed by atoms with Gasteiger partial charge in [-0.3, -0.25) is 4.79 Å². The summed E-state index contributed by atoms with van der Waals surface area (Å²) in [5.74, 6) is 0. The van der Waals surface area contributed by atoms with Crippen LogP contribution >= 0.6 is 23.4 Å². The second-order valence-electron chi connectivity index (χ2n) is 3.42.